The molecule has 3 aromatic heterocycles. The Morgan fingerprint density at radius 2 is 0.780 bits per heavy atom. The van der Waals surface area contributed by atoms with Gasteiger partial charge in [-0.15, -0.1) is 0 Å². The summed E-state index contributed by atoms with van der Waals surface area (Å²) in [5.74, 6) is 0.651. The predicted molar refractivity (Wildman–Crippen MR) is 207 cm³/mol. The summed E-state index contributed by atoms with van der Waals surface area (Å²) in [7, 11) is 0. The Kier molecular flexibility index (Phi) is 6.46. The molecule has 3 heterocycles. The Morgan fingerprint density at radius 3 is 1.44 bits per heavy atom. The Morgan fingerprint density at radius 1 is 0.300 bits per heavy atom. The van der Waals surface area contributed by atoms with Crippen molar-refractivity contribution < 1.29 is 0 Å². The molecule has 0 saturated carbocycles. The SMILES string of the molecule is c1ccc(-c2cc(-c3ccccc3)nc(-n3c4ccccc4c4cc(-c5ccc6c7ccccc7n(-c7ccccc7)c6c5)ccc43)n2)cc1. The van der Waals surface area contributed by atoms with Crippen molar-refractivity contribution in [2.24, 2.45) is 0 Å². The standard InChI is InChI=1S/C46H30N4/c1-4-14-31(15-5-1)40-30-41(32-16-6-2-7-17-32)48-46(47-40)50-43-23-13-11-21-37(43)39-28-33(25-27-44(39)50)34-24-26-38-36-20-10-12-22-42(36)49(45(38)29-34)35-18-8-3-9-19-35/h1-30H. The van der Waals surface area contributed by atoms with Crippen LogP contribution in [0.15, 0.2) is 182 Å². The highest BCUT2D eigenvalue weighted by Gasteiger charge is 2.18. The largest absolute Gasteiger partial charge is 0.309 e. The number of rotatable bonds is 5. The third-order valence-electron chi connectivity index (χ3n) is 9.75. The molecule has 234 valence electrons. The zero-order valence-electron chi connectivity index (χ0n) is 27.1. The predicted octanol–water partition coefficient (Wildman–Crippen LogP) is 11.7. The van der Waals surface area contributed by atoms with Crippen LogP contribution in [0.3, 0.4) is 0 Å². The minimum absolute atomic E-state index is 0.651. The van der Waals surface area contributed by atoms with Crippen LogP contribution in [0, 0.1) is 0 Å². The van der Waals surface area contributed by atoms with Crippen LogP contribution in [-0.2, 0) is 0 Å². The van der Waals surface area contributed by atoms with E-state index in [0.29, 0.717) is 5.95 Å². The molecule has 0 unspecified atom stereocenters. The van der Waals surface area contributed by atoms with Crippen LogP contribution in [0.5, 0.6) is 0 Å². The number of benzene rings is 7. The normalized spacial score (nSPS) is 11.6. The van der Waals surface area contributed by atoms with Crippen molar-refractivity contribution in [3.8, 4) is 45.3 Å². The number of fused-ring (bicyclic) bond motifs is 6. The summed E-state index contributed by atoms with van der Waals surface area (Å²) in [5, 5.41) is 4.83. The highest BCUT2D eigenvalue weighted by atomic mass is 15.2. The van der Waals surface area contributed by atoms with E-state index in [-0.39, 0.29) is 0 Å². The van der Waals surface area contributed by atoms with Crippen LogP contribution in [0.1, 0.15) is 0 Å². The minimum atomic E-state index is 0.651. The molecule has 0 bridgehead atoms. The summed E-state index contributed by atoms with van der Waals surface area (Å²) in [6.07, 6.45) is 0. The quantitative estimate of drug-likeness (QED) is 0.188. The van der Waals surface area contributed by atoms with Crippen molar-refractivity contribution in [2.45, 2.75) is 0 Å². The average Bonchev–Trinajstić information content (AvgIpc) is 3.71. The molecule has 50 heavy (non-hydrogen) atoms. The first-order chi connectivity index (χ1) is 24.8. The zero-order valence-corrected chi connectivity index (χ0v) is 27.1. The van der Waals surface area contributed by atoms with Crippen molar-refractivity contribution >= 4 is 43.6 Å². The van der Waals surface area contributed by atoms with Gasteiger partial charge in [0.25, 0.3) is 0 Å². The summed E-state index contributed by atoms with van der Waals surface area (Å²) >= 11 is 0. The van der Waals surface area contributed by atoms with E-state index in [9.17, 15) is 0 Å². The van der Waals surface area contributed by atoms with Crippen LogP contribution in [0.4, 0.5) is 0 Å². The van der Waals surface area contributed by atoms with Crippen molar-refractivity contribution in [3.05, 3.63) is 182 Å². The second-order valence-electron chi connectivity index (χ2n) is 12.7. The minimum Gasteiger partial charge on any atom is -0.309 e. The maximum Gasteiger partial charge on any atom is 0.235 e. The zero-order chi connectivity index (χ0) is 33.0. The van der Waals surface area contributed by atoms with Crippen molar-refractivity contribution in [2.75, 3.05) is 0 Å². The van der Waals surface area contributed by atoms with E-state index in [4.69, 9.17) is 9.97 Å². The van der Waals surface area contributed by atoms with Crippen molar-refractivity contribution in [3.63, 3.8) is 0 Å². The number of aromatic nitrogens is 4. The molecule has 0 aliphatic rings. The molecule has 0 radical (unpaired) electrons. The lowest BCUT2D eigenvalue weighted by Crippen LogP contribution is -2.03. The van der Waals surface area contributed by atoms with E-state index in [0.717, 1.165) is 50.2 Å². The molecule has 0 saturated heterocycles. The molecule has 4 heteroatoms. The van der Waals surface area contributed by atoms with E-state index < -0.39 is 0 Å². The van der Waals surface area contributed by atoms with E-state index in [1.54, 1.807) is 0 Å². The number of hydrogen-bond acceptors (Lipinski definition) is 2. The Labute approximate surface area is 289 Å². The van der Waals surface area contributed by atoms with Gasteiger partial charge >= 0.3 is 0 Å². The molecule has 4 nitrogen and oxygen atoms in total. The second kappa shape index (κ2) is 11.4. The first kappa shape index (κ1) is 28.3. The fraction of sp³-hybridized carbons (Fsp3) is 0. The molecule has 10 aromatic rings. The lowest BCUT2D eigenvalue weighted by atomic mass is 10.0. The smallest absolute Gasteiger partial charge is 0.235 e. The highest BCUT2D eigenvalue weighted by molar-refractivity contribution is 6.12. The number of para-hydroxylation sites is 3. The Balaban J connectivity index is 1.18. The Hall–Kier alpha value is -6.78. The third-order valence-corrected chi connectivity index (χ3v) is 9.75. The molecule has 0 aliphatic carbocycles. The molecule has 0 atom stereocenters. The Bertz CT molecular complexity index is 2790. The van der Waals surface area contributed by atoms with Gasteiger partial charge in [0.1, 0.15) is 0 Å². The van der Waals surface area contributed by atoms with Gasteiger partial charge in [-0.3, -0.25) is 4.57 Å². The summed E-state index contributed by atoms with van der Waals surface area (Å²) < 4.78 is 4.59. The molecular formula is C46H30N4. The average molecular weight is 639 g/mol. The molecule has 0 aliphatic heterocycles. The van der Waals surface area contributed by atoms with Gasteiger partial charge in [-0.05, 0) is 59.7 Å². The maximum atomic E-state index is 5.19. The first-order valence-corrected chi connectivity index (χ1v) is 16.9. The van der Waals surface area contributed by atoms with Crippen LogP contribution >= 0.6 is 0 Å². The van der Waals surface area contributed by atoms with Gasteiger partial charge in [-0.2, -0.15) is 0 Å². The molecule has 0 fully saturated rings. The van der Waals surface area contributed by atoms with E-state index in [1.165, 1.54) is 32.8 Å². The summed E-state index contributed by atoms with van der Waals surface area (Å²) in [5.41, 5.74) is 11.9. The first-order valence-electron chi connectivity index (χ1n) is 16.9. The molecule has 0 spiro atoms. The summed E-state index contributed by atoms with van der Waals surface area (Å²) in [6, 6.07) is 64.3. The topological polar surface area (TPSA) is 35.6 Å². The maximum absolute atomic E-state index is 5.19. The van der Waals surface area contributed by atoms with Crippen LogP contribution in [-0.4, -0.2) is 19.1 Å². The van der Waals surface area contributed by atoms with Gasteiger partial charge in [0, 0.05) is 38.4 Å². The fourth-order valence-electron chi connectivity index (χ4n) is 7.42. The summed E-state index contributed by atoms with van der Waals surface area (Å²) in [4.78, 5) is 10.4. The van der Waals surface area contributed by atoms with E-state index in [2.05, 4.69) is 179 Å². The van der Waals surface area contributed by atoms with Gasteiger partial charge in [-0.1, -0.05) is 133 Å². The molecule has 10 rings (SSSR count). The molecule has 0 N–H and O–H groups in total. The molecule has 7 aromatic carbocycles. The van der Waals surface area contributed by atoms with Crippen molar-refractivity contribution in [1.29, 1.82) is 0 Å². The monoisotopic (exact) mass is 638 g/mol. The van der Waals surface area contributed by atoms with Gasteiger partial charge in [-0.25, -0.2) is 9.97 Å². The molecule has 0 amide bonds. The number of hydrogen-bond donors (Lipinski definition) is 0. The van der Waals surface area contributed by atoms with Crippen LogP contribution in [0.25, 0.3) is 88.9 Å². The summed E-state index contributed by atoms with van der Waals surface area (Å²) in [6.45, 7) is 0. The molecular weight excluding hydrogens is 609 g/mol. The van der Waals surface area contributed by atoms with Gasteiger partial charge in [0.05, 0.1) is 33.5 Å². The lowest BCUT2D eigenvalue weighted by molar-refractivity contribution is 0.995. The lowest BCUT2D eigenvalue weighted by Gasteiger charge is -2.12. The third kappa shape index (κ3) is 4.54. The van der Waals surface area contributed by atoms with Gasteiger partial charge < -0.3 is 4.57 Å². The van der Waals surface area contributed by atoms with E-state index >= 15 is 0 Å². The number of nitrogens with zero attached hydrogens (tertiary/aromatic N) is 4. The second-order valence-corrected chi connectivity index (χ2v) is 12.7. The highest BCUT2D eigenvalue weighted by Crippen LogP contribution is 2.38. The van der Waals surface area contributed by atoms with Crippen LogP contribution < -0.4 is 0 Å². The van der Waals surface area contributed by atoms with Crippen molar-refractivity contribution in [1.82, 2.24) is 19.1 Å². The van der Waals surface area contributed by atoms with Gasteiger partial charge in [0.15, 0.2) is 0 Å². The van der Waals surface area contributed by atoms with Gasteiger partial charge in [0.2, 0.25) is 5.95 Å². The van der Waals surface area contributed by atoms with E-state index in [1.807, 2.05) is 12.1 Å². The fourth-order valence-corrected chi connectivity index (χ4v) is 7.42. The van der Waals surface area contributed by atoms with Crippen LogP contribution in [0.2, 0.25) is 0 Å².